The average molecular weight is 98.1 g/mol. The fraction of sp³-hybridized carbons (Fsp3) is 1.00. The molecule has 0 amide bonds. The predicted molar refractivity (Wildman–Crippen MR) is 23.8 cm³/mol. The van der Waals surface area contributed by atoms with Crippen molar-refractivity contribution in [1.29, 1.82) is 0 Å². The van der Waals surface area contributed by atoms with Crippen LogP contribution >= 0.6 is 0 Å². The van der Waals surface area contributed by atoms with Gasteiger partial charge >= 0.3 is 29.6 Å². The fourth-order valence-corrected chi connectivity index (χ4v) is 0.118. The molecule has 0 unspecified atom stereocenters. The Kier molecular flexibility index (Phi) is 15.6. The van der Waals surface area contributed by atoms with E-state index in [1.54, 1.807) is 0 Å². The molecule has 0 heterocycles. The van der Waals surface area contributed by atoms with Gasteiger partial charge in [0.1, 0.15) is 0 Å². The molecular weight excluding hydrogens is 87.0 g/mol. The third-order valence-corrected chi connectivity index (χ3v) is 0.408. The first kappa shape index (κ1) is 10.0. The van der Waals surface area contributed by atoms with Crippen LogP contribution in [0.15, 0.2) is 0 Å². The quantitative estimate of drug-likeness (QED) is 0.351. The molecule has 0 fully saturated rings. The van der Waals surface area contributed by atoms with Gasteiger partial charge in [0, 0.05) is 0 Å². The van der Waals surface area contributed by atoms with E-state index in [1.165, 1.54) is 0 Å². The molecule has 34 valence electrons. The van der Waals surface area contributed by atoms with E-state index in [0.29, 0.717) is 0 Å². The van der Waals surface area contributed by atoms with Crippen LogP contribution in [0.2, 0.25) is 0 Å². The van der Waals surface area contributed by atoms with Crippen molar-refractivity contribution in [2.45, 2.75) is 6.42 Å². The summed E-state index contributed by atoms with van der Waals surface area (Å²) in [6, 6.07) is 0. The standard InChI is InChI=1S/C3H10N2.Na.H/c4-2-1-3-5;;/h1-5H2;;/q;+1;-1. The van der Waals surface area contributed by atoms with E-state index in [2.05, 4.69) is 0 Å². The Morgan fingerprint density at radius 3 is 1.50 bits per heavy atom. The third kappa shape index (κ3) is 8.87. The van der Waals surface area contributed by atoms with Crippen molar-refractivity contribution in [1.82, 2.24) is 0 Å². The maximum Gasteiger partial charge on any atom is 1.00 e. The molecule has 0 aliphatic heterocycles. The zero-order valence-corrected chi connectivity index (χ0v) is 6.28. The van der Waals surface area contributed by atoms with Crippen LogP contribution in [0.4, 0.5) is 0 Å². The van der Waals surface area contributed by atoms with Gasteiger partial charge in [0.2, 0.25) is 0 Å². The average Bonchev–Trinajstić information content (AvgIpc) is 1.41. The van der Waals surface area contributed by atoms with Gasteiger partial charge in [0.05, 0.1) is 0 Å². The summed E-state index contributed by atoms with van der Waals surface area (Å²) in [7, 11) is 0. The van der Waals surface area contributed by atoms with Gasteiger partial charge in [-0.2, -0.15) is 0 Å². The number of nitrogens with two attached hydrogens (primary N) is 2. The van der Waals surface area contributed by atoms with Crippen molar-refractivity contribution in [3.05, 3.63) is 0 Å². The monoisotopic (exact) mass is 98.1 g/mol. The topological polar surface area (TPSA) is 52.0 Å². The van der Waals surface area contributed by atoms with Crippen molar-refractivity contribution in [3.8, 4) is 0 Å². The molecule has 0 aliphatic rings. The summed E-state index contributed by atoms with van der Waals surface area (Å²) in [5.41, 5.74) is 10.1. The van der Waals surface area contributed by atoms with Crippen LogP contribution < -0.4 is 41.0 Å². The third-order valence-electron chi connectivity index (χ3n) is 0.408. The van der Waals surface area contributed by atoms with E-state index in [-0.39, 0.29) is 31.0 Å². The second-order valence-corrected chi connectivity index (χ2v) is 0.931. The molecule has 0 aromatic carbocycles. The van der Waals surface area contributed by atoms with Gasteiger partial charge in [-0.05, 0) is 19.5 Å². The number of rotatable bonds is 2. The molecule has 6 heavy (non-hydrogen) atoms. The maximum atomic E-state index is 5.06. The molecule has 0 radical (unpaired) electrons. The molecule has 0 saturated carbocycles. The molecule has 0 saturated heterocycles. The van der Waals surface area contributed by atoms with Gasteiger partial charge in [0.25, 0.3) is 0 Å². The Balaban J connectivity index is -0.0000000800. The summed E-state index contributed by atoms with van der Waals surface area (Å²) < 4.78 is 0. The van der Waals surface area contributed by atoms with Crippen molar-refractivity contribution in [2.75, 3.05) is 13.1 Å². The summed E-state index contributed by atoms with van der Waals surface area (Å²) in [6.07, 6.45) is 0.944. The molecule has 3 heteroatoms. The van der Waals surface area contributed by atoms with Gasteiger partial charge in [-0.1, -0.05) is 0 Å². The minimum Gasteiger partial charge on any atom is -1.00 e. The van der Waals surface area contributed by atoms with Gasteiger partial charge in [0.15, 0.2) is 0 Å². The van der Waals surface area contributed by atoms with Gasteiger partial charge in [-0.15, -0.1) is 0 Å². The Hall–Kier alpha value is 0.920. The predicted octanol–water partition coefficient (Wildman–Crippen LogP) is -3.59. The molecule has 2 nitrogen and oxygen atoms in total. The van der Waals surface area contributed by atoms with E-state index in [9.17, 15) is 0 Å². The summed E-state index contributed by atoms with van der Waals surface area (Å²) >= 11 is 0. The Morgan fingerprint density at radius 1 is 1.17 bits per heavy atom. The molecule has 0 atom stereocenters. The second kappa shape index (κ2) is 9.33. The normalized spacial score (nSPS) is 7.00. The molecule has 4 N–H and O–H groups in total. The van der Waals surface area contributed by atoms with Crippen LogP contribution in [0.5, 0.6) is 0 Å². The minimum atomic E-state index is 0. The first-order valence-corrected chi connectivity index (χ1v) is 1.82. The first-order chi connectivity index (χ1) is 2.41. The van der Waals surface area contributed by atoms with Crippen LogP contribution in [-0.4, -0.2) is 13.1 Å². The van der Waals surface area contributed by atoms with E-state index < -0.39 is 0 Å². The van der Waals surface area contributed by atoms with Crippen molar-refractivity contribution in [3.63, 3.8) is 0 Å². The van der Waals surface area contributed by atoms with Gasteiger partial charge < -0.3 is 12.9 Å². The minimum absolute atomic E-state index is 0. The molecule has 0 rings (SSSR count). The van der Waals surface area contributed by atoms with E-state index in [4.69, 9.17) is 11.5 Å². The smallest absolute Gasteiger partial charge is 1.00 e. The summed E-state index contributed by atoms with van der Waals surface area (Å²) in [6.45, 7) is 1.44. The zero-order valence-electron chi connectivity index (χ0n) is 5.28. The molecular formula is C3H11N2Na. The van der Waals surface area contributed by atoms with E-state index in [0.717, 1.165) is 19.5 Å². The van der Waals surface area contributed by atoms with Crippen LogP contribution in [0.25, 0.3) is 0 Å². The van der Waals surface area contributed by atoms with Crippen LogP contribution in [-0.2, 0) is 0 Å². The summed E-state index contributed by atoms with van der Waals surface area (Å²) in [5.74, 6) is 0. The van der Waals surface area contributed by atoms with E-state index >= 15 is 0 Å². The van der Waals surface area contributed by atoms with E-state index in [1.807, 2.05) is 0 Å². The van der Waals surface area contributed by atoms with Crippen LogP contribution in [0, 0.1) is 0 Å². The first-order valence-electron chi connectivity index (χ1n) is 1.82. The fourth-order valence-electron chi connectivity index (χ4n) is 0.118. The Labute approximate surface area is 62.0 Å². The molecule has 0 aliphatic carbocycles. The summed E-state index contributed by atoms with van der Waals surface area (Å²) in [4.78, 5) is 0. The second-order valence-electron chi connectivity index (χ2n) is 0.931. The molecule has 0 spiro atoms. The van der Waals surface area contributed by atoms with Crippen molar-refractivity contribution >= 4 is 0 Å². The Bertz CT molecular complexity index is 20.4. The van der Waals surface area contributed by atoms with Gasteiger partial charge in [-0.25, -0.2) is 0 Å². The number of hydrogen-bond donors (Lipinski definition) is 2. The van der Waals surface area contributed by atoms with Crippen molar-refractivity contribution in [2.24, 2.45) is 11.5 Å². The van der Waals surface area contributed by atoms with Crippen LogP contribution in [0.1, 0.15) is 7.85 Å². The molecule has 0 aromatic rings. The number of hydrogen-bond acceptors (Lipinski definition) is 2. The zero-order chi connectivity index (χ0) is 4.12. The maximum absolute atomic E-state index is 5.06. The summed E-state index contributed by atoms with van der Waals surface area (Å²) in [5, 5.41) is 0. The van der Waals surface area contributed by atoms with Crippen LogP contribution in [0.3, 0.4) is 0 Å². The van der Waals surface area contributed by atoms with Gasteiger partial charge in [-0.3, -0.25) is 0 Å². The molecule has 0 bridgehead atoms. The molecule has 0 aromatic heterocycles. The van der Waals surface area contributed by atoms with Crippen molar-refractivity contribution < 1.29 is 31.0 Å². The largest absolute Gasteiger partial charge is 1.00 e. The SMILES string of the molecule is NCCCN.[H-].[Na+]. The Morgan fingerprint density at radius 2 is 1.50 bits per heavy atom.